The van der Waals surface area contributed by atoms with Gasteiger partial charge in [-0.25, -0.2) is 4.79 Å². The first-order chi connectivity index (χ1) is 13.0. The molecule has 2 aromatic rings. The molecule has 2 amide bonds. The van der Waals surface area contributed by atoms with Crippen LogP contribution in [-0.4, -0.2) is 35.1 Å². The molecule has 27 heavy (non-hydrogen) atoms. The predicted octanol–water partition coefficient (Wildman–Crippen LogP) is 3.71. The van der Waals surface area contributed by atoms with E-state index in [1.165, 1.54) is 10.5 Å². The Kier molecular flexibility index (Phi) is 5.79. The summed E-state index contributed by atoms with van der Waals surface area (Å²) < 4.78 is 0. The Morgan fingerprint density at radius 2 is 1.67 bits per heavy atom. The number of amides is 2. The third kappa shape index (κ3) is 4.67. The number of nitrogens with zero attached hydrogens (tertiary/aromatic N) is 1. The maximum absolute atomic E-state index is 12.7. The molecule has 0 bridgehead atoms. The Morgan fingerprint density at radius 1 is 1.04 bits per heavy atom. The van der Waals surface area contributed by atoms with Gasteiger partial charge in [-0.3, -0.25) is 4.79 Å². The maximum atomic E-state index is 12.7. The van der Waals surface area contributed by atoms with Gasteiger partial charge < -0.3 is 15.3 Å². The maximum Gasteiger partial charge on any atom is 0.407 e. The normalized spacial score (nSPS) is 16.0. The quantitative estimate of drug-likeness (QED) is 0.847. The van der Waals surface area contributed by atoms with Crippen LogP contribution in [-0.2, 0) is 16.8 Å². The van der Waals surface area contributed by atoms with Gasteiger partial charge in [0.15, 0.2) is 0 Å². The van der Waals surface area contributed by atoms with Gasteiger partial charge in [-0.2, -0.15) is 0 Å². The van der Waals surface area contributed by atoms with E-state index in [1.807, 2.05) is 61.5 Å². The summed E-state index contributed by atoms with van der Waals surface area (Å²) in [6, 6.07) is 18.1. The van der Waals surface area contributed by atoms with Gasteiger partial charge in [0.2, 0.25) is 5.91 Å². The zero-order valence-electron chi connectivity index (χ0n) is 15.6. The SMILES string of the molecule is Cc1ccc(CNC(=O)CC2(c3ccccc3)CCN(C(=O)O)CC2)cc1. The fraction of sp³-hybridized carbons (Fsp3) is 0.364. The van der Waals surface area contributed by atoms with E-state index in [0.717, 1.165) is 11.1 Å². The number of hydrogen-bond acceptors (Lipinski definition) is 2. The molecule has 1 saturated heterocycles. The lowest BCUT2D eigenvalue weighted by atomic mass is 9.70. The standard InChI is InChI=1S/C22H26N2O3/c1-17-7-9-18(10-8-17)16-23-20(25)15-22(19-5-3-2-4-6-19)11-13-24(14-12-22)21(26)27/h2-10H,11-16H2,1H3,(H,23,25)(H,26,27). The summed E-state index contributed by atoms with van der Waals surface area (Å²) in [6.07, 6.45) is 0.791. The van der Waals surface area contributed by atoms with Crippen molar-refractivity contribution >= 4 is 12.0 Å². The van der Waals surface area contributed by atoms with Crippen LogP contribution in [0.25, 0.3) is 0 Å². The summed E-state index contributed by atoms with van der Waals surface area (Å²) >= 11 is 0. The topological polar surface area (TPSA) is 69.6 Å². The first-order valence-corrected chi connectivity index (χ1v) is 9.34. The molecule has 5 heteroatoms. The van der Waals surface area contributed by atoms with Gasteiger partial charge in [0, 0.05) is 31.5 Å². The molecule has 0 spiro atoms. The molecule has 1 heterocycles. The van der Waals surface area contributed by atoms with Gasteiger partial charge in [-0.15, -0.1) is 0 Å². The van der Waals surface area contributed by atoms with Gasteiger partial charge in [-0.05, 0) is 30.9 Å². The van der Waals surface area contributed by atoms with Crippen molar-refractivity contribution in [1.82, 2.24) is 10.2 Å². The summed E-state index contributed by atoms with van der Waals surface area (Å²) in [4.78, 5) is 25.4. The molecule has 1 aliphatic rings. The highest BCUT2D eigenvalue weighted by Gasteiger charge is 2.39. The van der Waals surface area contributed by atoms with Gasteiger partial charge >= 0.3 is 6.09 Å². The molecule has 0 atom stereocenters. The Bertz CT molecular complexity index is 779. The minimum atomic E-state index is -0.888. The van der Waals surface area contributed by atoms with Crippen LogP contribution >= 0.6 is 0 Å². The average Bonchev–Trinajstić information content (AvgIpc) is 2.68. The molecular formula is C22H26N2O3. The van der Waals surface area contributed by atoms with Crippen molar-refractivity contribution in [2.24, 2.45) is 0 Å². The number of nitrogens with one attached hydrogen (secondary N) is 1. The molecular weight excluding hydrogens is 340 g/mol. The highest BCUT2D eigenvalue weighted by Crippen LogP contribution is 2.38. The van der Waals surface area contributed by atoms with Crippen molar-refractivity contribution in [1.29, 1.82) is 0 Å². The Balaban J connectivity index is 1.69. The molecule has 5 nitrogen and oxygen atoms in total. The van der Waals surface area contributed by atoms with Crippen molar-refractivity contribution in [3.05, 3.63) is 71.3 Å². The lowest BCUT2D eigenvalue weighted by molar-refractivity contribution is -0.123. The smallest absolute Gasteiger partial charge is 0.407 e. The van der Waals surface area contributed by atoms with Crippen molar-refractivity contribution in [3.8, 4) is 0 Å². The van der Waals surface area contributed by atoms with Gasteiger partial charge in [0.1, 0.15) is 0 Å². The van der Waals surface area contributed by atoms with E-state index in [4.69, 9.17) is 0 Å². The molecule has 1 fully saturated rings. The van der Waals surface area contributed by atoms with Crippen LogP contribution in [0.3, 0.4) is 0 Å². The number of carbonyl (C=O) groups excluding carboxylic acids is 1. The molecule has 0 aromatic heterocycles. The Hall–Kier alpha value is -2.82. The fourth-order valence-electron chi connectivity index (χ4n) is 3.76. The second-order valence-corrected chi connectivity index (χ2v) is 7.36. The van der Waals surface area contributed by atoms with E-state index in [9.17, 15) is 14.7 Å². The molecule has 2 N–H and O–H groups in total. The highest BCUT2D eigenvalue weighted by molar-refractivity contribution is 5.78. The summed E-state index contributed by atoms with van der Waals surface area (Å²) in [5.41, 5.74) is 3.06. The number of likely N-dealkylation sites (tertiary alicyclic amines) is 1. The third-order valence-electron chi connectivity index (χ3n) is 5.49. The van der Waals surface area contributed by atoms with Gasteiger partial charge in [0.25, 0.3) is 0 Å². The van der Waals surface area contributed by atoms with Crippen LogP contribution in [0.1, 0.15) is 36.0 Å². The number of hydrogen-bond donors (Lipinski definition) is 2. The summed E-state index contributed by atoms with van der Waals surface area (Å²) in [5, 5.41) is 12.3. The van der Waals surface area contributed by atoms with E-state index < -0.39 is 6.09 Å². The highest BCUT2D eigenvalue weighted by atomic mass is 16.4. The second-order valence-electron chi connectivity index (χ2n) is 7.36. The van der Waals surface area contributed by atoms with Crippen LogP contribution in [0.2, 0.25) is 0 Å². The molecule has 1 aliphatic heterocycles. The predicted molar refractivity (Wildman–Crippen MR) is 105 cm³/mol. The monoisotopic (exact) mass is 366 g/mol. The number of rotatable bonds is 5. The van der Waals surface area contributed by atoms with Crippen molar-refractivity contribution < 1.29 is 14.7 Å². The number of carbonyl (C=O) groups is 2. The lowest BCUT2D eigenvalue weighted by Crippen LogP contribution is -2.46. The number of carboxylic acid groups (broad SMARTS) is 1. The van der Waals surface area contributed by atoms with E-state index in [-0.39, 0.29) is 11.3 Å². The molecule has 3 rings (SSSR count). The van der Waals surface area contributed by atoms with Gasteiger partial charge in [0.05, 0.1) is 0 Å². The first kappa shape index (κ1) is 19.0. The summed E-state index contributed by atoms with van der Waals surface area (Å²) in [6.45, 7) is 3.45. The third-order valence-corrected chi connectivity index (χ3v) is 5.49. The molecule has 142 valence electrons. The fourth-order valence-corrected chi connectivity index (χ4v) is 3.76. The summed E-state index contributed by atoms with van der Waals surface area (Å²) in [5.74, 6) is 0.00297. The molecule has 0 radical (unpaired) electrons. The van der Waals surface area contributed by atoms with Crippen molar-refractivity contribution in [2.45, 2.75) is 38.1 Å². The van der Waals surface area contributed by atoms with Crippen LogP contribution in [0.15, 0.2) is 54.6 Å². The minimum absolute atomic E-state index is 0.00297. The van der Waals surface area contributed by atoms with Gasteiger partial charge in [-0.1, -0.05) is 60.2 Å². The molecule has 2 aromatic carbocycles. The number of aryl methyl sites for hydroxylation is 1. The molecule has 0 saturated carbocycles. The van der Waals surface area contributed by atoms with E-state index >= 15 is 0 Å². The minimum Gasteiger partial charge on any atom is -0.465 e. The average molecular weight is 366 g/mol. The largest absolute Gasteiger partial charge is 0.465 e. The van der Waals surface area contributed by atoms with E-state index in [1.54, 1.807) is 0 Å². The number of benzene rings is 2. The lowest BCUT2D eigenvalue weighted by Gasteiger charge is -2.41. The zero-order valence-corrected chi connectivity index (χ0v) is 15.6. The van der Waals surface area contributed by atoms with Crippen molar-refractivity contribution in [3.63, 3.8) is 0 Å². The Labute approximate surface area is 160 Å². The van der Waals surface area contributed by atoms with Crippen LogP contribution in [0, 0.1) is 6.92 Å². The zero-order chi connectivity index (χ0) is 19.3. The first-order valence-electron chi connectivity index (χ1n) is 9.34. The Morgan fingerprint density at radius 3 is 2.26 bits per heavy atom. The van der Waals surface area contributed by atoms with E-state index in [0.29, 0.717) is 38.9 Å². The van der Waals surface area contributed by atoms with Crippen LogP contribution < -0.4 is 5.32 Å². The van der Waals surface area contributed by atoms with E-state index in [2.05, 4.69) is 5.32 Å². The summed E-state index contributed by atoms with van der Waals surface area (Å²) in [7, 11) is 0. The second kappa shape index (κ2) is 8.25. The molecule has 0 unspecified atom stereocenters. The van der Waals surface area contributed by atoms with Crippen LogP contribution in [0.4, 0.5) is 4.79 Å². The van der Waals surface area contributed by atoms with Crippen molar-refractivity contribution in [2.75, 3.05) is 13.1 Å². The molecule has 0 aliphatic carbocycles. The van der Waals surface area contributed by atoms with Crippen LogP contribution in [0.5, 0.6) is 0 Å². The number of piperidine rings is 1.